The molecule has 1 N–H and O–H groups in total. The van der Waals surface area contributed by atoms with E-state index in [1.165, 1.54) is 5.56 Å². The number of nitrogens with zero attached hydrogens (tertiary/aromatic N) is 1. The molecular weight excluding hydrogens is 236 g/mol. The molecule has 0 spiro atoms. The van der Waals surface area contributed by atoms with Crippen molar-refractivity contribution in [3.8, 4) is 0 Å². The molecular formula is C16H22N2O. The molecule has 1 aliphatic rings. The molecule has 1 aliphatic heterocycles. The Labute approximate surface area is 115 Å². The molecule has 1 atom stereocenters. The van der Waals surface area contributed by atoms with Crippen LogP contribution < -0.4 is 5.32 Å². The summed E-state index contributed by atoms with van der Waals surface area (Å²) in [5.74, 6) is 0.369. The number of piperidine rings is 1. The van der Waals surface area contributed by atoms with Crippen LogP contribution in [0.25, 0.3) is 0 Å². The molecule has 1 aromatic rings. The van der Waals surface area contributed by atoms with E-state index < -0.39 is 0 Å². The lowest BCUT2D eigenvalue weighted by molar-refractivity contribution is -0.136. The van der Waals surface area contributed by atoms with Crippen LogP contribution in [0.2, 0.25) is 0 Å². The molecule has 1 unspecified atom stereocenters. The molecule has 3 nitrogen and oxygen atoms in total. The first kappa shape index (κ1) is 13.8. The molecule has 102 valence electrons. The average Bonchev–Trinajstić information content (AvgIpc) is 2.48. The molecule has 1 fully saturated rings. The maximum Gasteiger partial charge on any atom is 0.227 e. The SMILES string of the molecule is C=CCN(Cc1ccccc1)C(=O)C1CCCNC1. The Hall–Kier alpha value is -1.61. The number of benzene rings is 1. The van der Waals surface area contributed by atoms with Gasteiger partial charge in [0.05, 0.1) is 5.92 Å². The van der Waals surface area contributed by atoms with Gasteiger partial charge in [0, 0.05) is 19.6 Å². The van der Waals surface area contributed by atoms with Gasteiger partial charge >= 0.3 is 0 Å². The minimum atomic E-state index is 0.123. The van der Waals surface area contributed by atoms with Crippen molar-refractivity contribution in [1.29, 1.82) is 0 Å². The molecule has 1 heterocycles. The Morgan fingerprint density at radius 1 is 1.42 bits per heavy atom. The van der Waals surface area contributed by atoms with E-state index in [9.17, 15) is 4.79 Å². The van der Waals surface area contributed by atoms with E-state index in [-0.39, 0.29) is 11.8 Å². The average molecular weight is 258 g/mol. The van der Waals surface area contributed by atoms with Gasteiger partial charge in [0.25, 0.3) is 0 Å². The molecule has 0 aromatic heterocycles. The largest absolute Gasteiger partial charge is 0.334 e. The molecule has 1 aromatic carbocycles. The van der Waals surface area contributed by atoms with Crippen molar-refractivity contribution in [2.45, 2.75) is 19.4 Å². The van der Waals surface area contributed by atoms with Crippen LogP contribution in [0.3, 0.4) is 0 Å². The number of hydrogen-bond acceptors (Lipinski definition) is 2. The van der Waals surface area contributed by atoms with Gasteiger partial charge in [-0.25, -0.2) is 0 Å². The van der Waals surface area contributed by atoms with Gasteiger partial charge in [0.2, 0.25) is 5.91 Å². The topological polar surface area (TPSA) is 32.3 Å². The quantitative estimate of drug-likeness (QED) is 0.821. The fraction of sp³-hybridized carbons (Fsp3) is 0.438. The summed E-state index contributed by atoms with van der Waals surface area (Å²) in [4.78, 5) is 14.4. The lowest BCUT2D eigenvalue weighted by Gasteiger charge is -2.29. The Morgan fingerprint density at radius 2 is 2.21 bits per heavy atom. The van der Waals surface area contributed by atoms with E-state index in [2.05, 4.69) is 24.0 Å². The van der Waals surface area contributed by atoms with Gasteiger partial charge in [0.1, 0.15) is 0 Å². The zero-order chi connectivity index (χ0) is 13.5. The second-order valence-electron chi connectivity index (χ2n) is 5.04. The predicted molar refractivity (Wildman–Crippen MR) is 77.6 cm³/mol. The first-order valence-corrected chi connectivity index (χ1v) is 6.95. The first-order chi connectivity index (χ1) is 9.31. The summed E-state index contributed by atoms with van der Waals surface area (Å²) in [6.45, 7) is 6.88. The van der Waals surface area contributed by atoms with Gasteiger partial charge in [-0.1, -0.05) is 36.4 Å². The van der Waals surface area contributed by atoms with Crippen molar-refractivity contribution in [2.24, 2.45) is 5.92 Å². The summed E-state index contributed by atoms with van der Waals surface area (Å²) in [7, 11) is 0. The normalized spacial score (nSPS) is 18.8. The van der Waals surface area contributed by atoms with Crippen LogP contribution in [-0.4, -0.2) is 30.4 Å². The smallest absolute Gasteiger partial charge is 0.227 e. The van der Waals surface area contributed by atoms with Crippen LogP contribution >= 0.6 is 0 Å². The predicted octanol–water partition coefficient (Wildman–Crippen LogP) is 2.20. The minimum Gasteiger partial charge on any atom is -0.334 e. The van der Waals surface area contributed by atoms with E-state index >= 15 is 0 Å². The van der Waals surface area contributed by atoms with Gasteiger partial charge < -0.3 is 10.2 Å². The maximum atomic E-state index is 12.5. The number of carbonyl (C=O) groups excluding carboxylic acids is 1. The summed E-state index contributed by atoms with van der Waals surface area (Å²) in [6, 6.07) is 10.1. The summed E-state index contributed by atoms with van der Waals surface area (Å²) in [5, 5.41) is 3.30. The first-order valence-electron chi connectivity index (χ1n) is 6.95. The summed E-state index contributed by atoms with van der Waals surface area (Å²) >= 11 is 0. The van der Waals surface area contributed by atoms with Crippen LogP contribution in [-0.2, 0) is 11.3 Å². The number of hydrogen-bond donors (Lipinski definition) is 1. The highest BCUT2D eigenvalue weighted by Crippen LogP contribution is 2.15. The molecule has 1 saturated heterocycles. The summed E-state index contributed by atoms with van der Waals surface area (Å²) in [5.41, 5.74) is 1.17. The summed E-state index contributed by atoms with van der Waals surface area (Å²) in [6.07, 6.45) is 3.88. The van der Waals surface area contributed by atoms with Crippen molar-refractivity contribution in [3.05, 3.63) is 48.6 Å². The third-order valence-electron chi connectivity index (χ3n) is 3.52. The molecule has 19 heavy (non-hydrogen) atoms. The Kier molecular flexibility index (Phi) is 5.16. The van der Waals surface area contributed by atoms with Crippen molar-refractivity contribution in [3.63, 3.8) is 0 Å². The number of carbonyl (C=O) groups is 1. The third-order valence-corrected chi connectivity index (χ3v) is 3.52. The van der Waals surface area contributed by atoms with Crippen LogP contribution in [0.1, 0.15) is 18.4 Å². The van der Waals surface area contributed by atoms with Gasteiger partial charge in [-0.05, 0) is 24.9 Å². The van der Waals surface area contributed by atoms with Gasteiger partial charge in [-0.2, -0.15) is 0 Å². The Morgan fingerprint density at radius 3 is 2.84 bits per heavy atom. The van der Waals surface area contributed by atoms with Crippen molar-refractivity contribution in [2.75, 3.05) is 19.6 Å². The number of nitrogens with one attached hydrogen (secondary N) is 1. The zero-order valence-electron chi connectivity index (χ0n) is 11.3. The fourth-order valence-corrected chi connectivity index (χ4v) is 2.51. The third kappa shape index (κ3) is 3.93. The highest BCUT2D eigenvalue weighted by Gasteiger charge is 2.25. The second kappa shape index (κ2) is 7.10. The van der Waals surface area contributed by atoms with Crippen molar-refractivity contribution < 1.29 is 4.79 Å². The standard InChI is InChI=1S/C16H22N2O/c1-2-11-18(13-14-7-4-3-5-8-14)16(19)15-9-6-10-17-12-15/h2-5,7-8,15,17H,1,6,9-13H2. The Balaban J connectivity index is 2.02. The van der Waals surface area contributed by atoms with E-state index in [4.69, 9.17) is 0 Å². The maximum absolute atomic E-state index is 12.5. The highest BCUT2D eigenvalue weighted by molar-refractivity contribution is 5.79. The van der Waals surface area contributed by atoms with E-state index in [1.54, 1.807) is 6.08 Å². The van der Waals surface area contributed by atoms with Crippen molar-refractivity contribution in [1.82, 2.24) is 10.2 Å². The van der Waals surface area contributed by atoms with E-state index in [0.717, 1.165) is 25.9 Å². The van der Waals surface area contributed by atoms with Gasteiger partial charge in [-0.15, -0.1) is 6.58 Å². The van der Waals surface area contributed by atoms with Gasteiger partial charge in [-0.3, -0.25) is 4.79 Å². The Bertz CT molecular complexity index is 410. The van der Waals surface area contributed by atoms with Gasteiger partial charge in [0.15, 0.2) is 0 Å². The fourth-order valence-electron chi connectivity index (χ4n) is 2.51. The number of rotatable bonds is 5. The molecule has 1 amide bonds. The summed E-state index contributed by atoms with van der Waals surface area (Å²) < 4.78 is 0. The molecule has 3 heteroatoms. The van der Waals surface area contributed by atoms with Crippen LogP contribution in [0.4, 0.5) is 0 Å². The van der Waals surface area contributed by atoms with Crippen LogP contribution in [0.5, 0.6) is 0 Å². The zero-order valence-corrected chi connectivity index (χ0v) is 11.3. The molecule has 0 saturated carbocycles. The van der Waals surface area contributed by atoms with Crippen molar-refractivity contribution >= 4 is 5.91 Å². The lowest BCUT2D eigenvalue weighted by Crippen LogP contribution is -2.42. The second-order valence-corrected chi connectivity index (χ2v) is 5.04. The van der Waals surface area contributed by atoms with E-state index in [1.807, 2.05) is 23.1 Å². The molecule has 2 rings (SSSR count). The van der Waals surface area contributed by atoms with E-state index in [0.29, 0.717) is 13.1 Å². The highest BCUT2D eigenvalue weighted by atomic mass is 16.2. The van der Waals surface area contributed by atoms with Crippen LogP contribution in [0, 0.1) is 5.92 Å². The lowest BCUT2D eigenvalue weighted by atomic mass is 9.98. The molecule has 0 bridgehead atoms. The minimum absolute atomic E-state index is 0.123. The number of amides is 1. The molecule has 0 radical (unpaired) electrons. The van der Waals surface area contributed by atoms with Crippen LogP contribution in [0.15, 0.2) is 43.0 Å². The molecule has 0 aliphatic carbocycles. The monoisotopic (exact) mass is 258 g/mol.